The van der Waals surface area contributed by atoms with Crippen LogP contribution in [0.4, 0.5) is 23.8 Å². The molecule has 1 N–H and O–H groups in total. The Hall–Kier alpha value is -3.93. The zero-order valence-electron chi connectivity index (χ0n) is 21.7. The van der Waals surface area contributed by atoms with Crippen molar-refractivity contribution < 1.29 is 27.2 Å². The van der Waals surface area contributed by atoms with E-state index < -0.39 is 17.6 Å². The lowest BCUT2D eigenvalue weighted by Crippen LogP contribution is -2.40. The lowest BCUT2D eigenvalue weighted by molar-refractivity contribution is -0.165. The quantitative estimate of drug-likeness (QED) is 0.311. The number of ether oxygens (including phenoxy) is 1. The monoisotopic (exact) mass is 552 g/mol. The Bertz CT molecular complexity index is 1600. The van der Waals surface area contributed by atoms with E-state index in [1.54, 1.807) is 24.4 Å². The Morgan fingerprint density at radius 3 is 2.77 bits per heavy atom. The molecule has 1 amide bonds. The number of hydrogen-bond donors (Lipinski definition) is 1. The molecule has 0 spiro atoms. The second kappa shape index (κ2) is 9.05. The number of nitrogens with one attached hydrogen (secondary N) is 1. The number of nitrogens with zero attached hydrogens (tertiary/aromatic N) is 5. The van der Waals surface area contributed by atoms with Gasteiger partial charge >= 0.3 is 12.2 Å². The number of alkyl halides is 3. The van der Waals surface area contributed by atoms with Gasteiger partial charge in [-0.2, -0.15) is 13.2 Å². The largest absolute Gasteiger partial charge is 0.439 e. The number of carbonyl (C=O) groups excluding carboxylic acids is 1. The molecule has 4 aromatic rings. The van der Waals surface area contributed by atoms with Gasteiger partial charge in [-0.3, -0.25) is 14.8 Å². The van der Waals surface area contributed by atoms with Crippen molar-refractivity contribution in [3.8, 4) is 11.6 Å². The maximum absolute atomic E-state index is 13.4. The number of fused-ring (bicyclic) bond motifs is 2. The number of amides is 1. The number of aromatic nitrogens is 4. The molecule has 40 heavy (non-hydrogen) atoms. The third-order valence-electron chi connectivity index (χ3n) is 8.26. The summed E-state index contributed by atoms with van der Waals surface area (Å²) in [6.45, 7) is 4.11. The maximum atomic E-state index is 13.4. The van der Waals surface area contributed by atoms with Gasteiger partial charge < -0.3 is 9.26 Å². The van der Waals surface area contributed by atoms with Crippen LogP contribution in [0.5, 0.6) is 11.6 Å². The van der Waals surface area contributed by atoms with Crippen LogP contribution < -0.4 is 10.1 Å². The topological polar surface area (TPSA) is 98.3 Å². The van der Waals surface area contributed by atoms with Crippen molar-refractivity contribution in [1.82, 2.24) is 24.6 Å². The molecule has 9 nitrogen and oxygen atoms in total. The summed E-state index contributed by atoms with van der Waals surface area (Å²) in [6, 6.07) is 8.01. The van der Waals surface area contributed by atoms with Gasteiger partial charge in [0.25, 0.3) is 0 Å². The van der Waals surface area contributed by atoms with Gasteiger partial charge in [0.05, 0.1) is 11.2 Å². The standard InChI is InChI=1S/C28H27F3N6O3/c1-16-10-20-21(14-36(16)13-17-2-3-17)32-15-33-25(20)39-19-4-5-22-18(11-19)6-9-37(22)26(38)34-24-12-23(40-35-24)27(7-8-27)28(29,30)31/h4-6,9,11-12,15-17H,2-3,7-8,10,13-14H2,1H3,(H,34,35,38). The molecule has 2 fully saturated rings. The van der Waals surface area contributed by atoms with E-state index in [9.17, 15) is 18.0 Å². The Balaban J connectivity index is 1.07. The predicted molar refractivity (Wildman–Crippen MR) is 138 cm³/mol. The second-order valence-electron chi connectivity index (χ2n) is 11.1. The van der Waals surface area contributed by atoms with Gasteiger partial charge in [0.2, 0.25) is 5.88 Å². The molecule has 3 aliphatic rings. The number of anilines is 1. The fraction of sp³-hybridized carbons (Fsp3) is 0.429. The van der Waals surface area contributed by atoms with Crippen LogP contribution in [0.1, 0.15) is 49.6 Å². The highest BCUT2D eigenvalue weighted by atomic mass is 19.4. The molecule has 0 bridgehead atoms. The lowest BCUT2D eigenvalue weighted by atomic mass is 9.99. The molecule has 208 valence electrons. The molecule has 7 rings (SSSR count). The summed E-state index contributed by atoms with van der Waals surface area (Å²) in [5.74, 6) is 1.55. The molecule has 2 aliphatic carbocycles. The average Bonchev–Trinajstić information content (AvgIpc) is 3.82. The van der Waals surface area contributed by atoms with Crippen molar-refractivity contribution in [3.05, 3.63) is 59.9 Å². The molecule has 1 atom stereocenters. The van der Waals surface area contributed by atoms with Crippen molar-refractivity contribution in [2.75, 3.05) is 11.9 Å². The Labute approximate surface area is 227 Å². The second-order valence-corrected chi connectivity index (χ2v) is 11.1. The molecular weight excluding hydrogens is 525 g/mol. The third-order valence-corrected chi connectivity index (χ3v) is 8.26. The molecule has 4 heterocycles. The van der Waals surface area contributed by atoms with Crippen LogP contribution in [-0.2, 0) is 18.4 Å². The summed E-state index contributed by atoms with van der Waals surface area (Å²) in [5, 5.41) is 6.90. The summed E-state index contributed by atoms with van der Waals surface area (Å²) in [5.41, 5.74) is 0.601. The van der Waals surface area contributed by atoms with Crippen LogP contribution in [0.15, 0.2) is 47.4 Å². The Morgan fingerprint density at radius 2 is 2.02 bits per heavy atom. The SMILES string of the molecule is CC1Cc2c(ncnc2Oc2ccc3c(ccn3C(=O)Nc3cc(C4(C(F)(F)F)CC4)on3)c2)CN1CC1CC1. The van der Waals surface area contributed by atoms with Crippen LogP contribution in [0.25, 0.3) is 10.9 Å². The minimum Gasteiger partial charge on any atom is -0.439 e. The molecule has 3 aromatic heterocycles. The first-order valence-corrected chi connectivity index (χ1v) is 13.4. The molecular formula is C28H27F3N6O3. The number of hydrogen-bond acceptors (Lipinski definition) is 7. The molecule has 1 aromatic carbocycles. The first-order chi connectivity index (χ1) is 19.2. The van der Waals surface area contributed by atoms with E-state index in [4.69, 9.17) is 9.26 Å². The van der Waals surface area contributed by atoms with Crippen LogP contribution in [0.2, 0.25) is 0 Å². The number of halogens is 3. The summed E-state index contributed by atoms with van der Waals surface area (Å²) in [7, 11) is 0. The first-order valence-electron chi connectivity index (χ1n) is 13.4. The summed E-state index contributed by atoms with van der Waals surface area (Å²) >= 11 is 0. The molecule has 1 aliphatic heterocycles. The van der Waals surface area contributed by atoms with Crippen molar-refractivity contribution >= 4 is 22.8 Å². The molecule has 2 saturated carbocycles. The van der Waals surface area contributed by atoms with E-state index in [2.05, 4.69) is 32.3 Å². The summed E-state index contributed by atoms with van der Waals surface area (Å²) in [6.07, 6.45) is 2.00. The lowest BCUT2D eigenvalue weighted by Gasteiger charge is -2.34. The smallest absolute Gasteiger partial charge is 0.401 e. The third kappa shape index (κ3) is 4.40. The van der Waals surface area contributed by atoms with Gasteiger partial charge in [-0.1, -0.05) is 5.16 Å². The number of rotatable bonds is 6. The van der Waals surface area contributed by atoms with Crippen LogP contribution in [0.3, 0.4) is 0 Å². The normalized spacial score (nSPS) is 20.4. The van der Waals surface area contributed by atoms with Gasteiger partial charge in [-0.15, -0.1) is 0 Å². The highest BCUT2D eigenvalue weighted by Gasteiger charge is 2.67. The van der Waals surface area contributed by atoms with Gasteiger partial charge in [0.1, 0.15) is 17.5 Å². The summed E-state index contributed by atoms with van der Waals surface area (Å²) in [4.78, 5) is 24.3. The number of carbonyl (C=O) groups is 1. The van der Waals surface area contributed by atoms with E-state index in [-0.39, 0.29) is 24.4 Å². The van der Waals surface area contributed by atoms with E-state index in [1.165, 1.54) is 23.7 Å². The Morgan fingerprint density at radius 1 is 1.20 bits per heavy atom. The molecule has 1 unspecified atom stereocenters. The highest BCUT2D eigenvalue weighted by molar-refractivity contribution is 5.98. The van der Waals surface area contributed by atoms with Gasteiger partial charge in [0.15, 0.2) is 11.6 Å². The zero-order chi connectivity index (χ0) is 27.6. The van der Waals surface area contributed by atoms with Crippen molar-refractivity contribution in [3.63, 3.8) is 0 Å². The van der Waals surface area contributed by atoms with Gasteiger partial charge in [0, 0.05) is 42.3 Å². The first kappa shape index (κ1) is 25.1. The Kier molecular flexibility index (Phi) is 5.67. The minimum absolute atomic E-state index is 0.0541. The fourth-order valence-electron chi connectivity index (χ4n) is 5.51. The average molecular weight is 553 g/mol. The van der Waals surface area contributed by atoms with Crippen LogP contribution >= 0.6 is 0 Å². The van der Waals surface area contributed by atoms with Crippen LogP contribution in [0, 0.1) is 5.92 Å². The predicted octanol–water partition coefficient (Wildman–Crippen LogP) is 6.04. The van der Waals surface area contributed by atoms with Crippen molar-refractivity contribution in [1.29, 1.82) is 0 Å². The van der Waals surface area contributed by atoms with Crippen LogP contribution in [-0.4, -0.2) is 49.4 Å². The highest BCUT2D eigenvalue weighted by Crippen LogP contribution is 2.59. The minimum atomic E-state index is -4.43. The number of benzene rings is 1. The zero-order valence-corrected chi connectivity index (χ0v) is 21.7. The summed E-state index contributed by atoms with van der Waals surface area (Å²) < 4.78 is 52.6. The molecule has 0 radical (unpaired) electrons. The van der Waals surface area contributed by atoms with Gasteiger partial charge in [-0.25, -0.2) is 14.8 Å². The molecule has 0 saturated heterocycles. The van der Waals surface area contributed by atoms with Crippen molar-refractivity contribution in [2.24, 2.45) is 5.92 Å². The maximum Gasteiger partial charge on any atom is 0.401 e. The van der Waals surface area contributed by atoms with E-state index in [1.807, 2.05) is 6.07 Å². The van der Waals surface area contributed by atoms with E-state index in [0.717, 1.165) is 48.1 Å². The van der Waals surface area contributed by atoms with E-state index >= 15 is 0 Å². The van der Waals surface area contributed by atoms with E-state index in [0.29, 0.717) is 23.2 Å². The fourth-order valence-corrected chi connectivity index (χ4v) is 5.51. The molecule has 12 heteroatoms. The van der Waals surface area contributed by atoms with Gasteiger partial charge in [-0.05, 0) is 69.2 Å². The van der Waals surface area contributed by atoms with Crippen molar-refractivity contribution in [2.45, 2.75) is 63.2 Å².